The Kier molecular flexibility index (Phi) is 6.32. The second kappa shape index (κ2) is 9.32. The van der Waals surface area contributed by atoms with E-state index in [2.05, 4.69) is 21.9 Å². The number of aromatic hydroxyl groups is 1. The number of phenolic OH excluding ortho intramolecular Hbond substituents is 1. The minimum atomic E-state index is -0.0648. The first-order valence-electron chi connectivity index (χ1n) is 10.1. The summed E-state index contributed by atoms with van der Waals surface area (Å²) in [5.74, 6) is 1.57. The van der Waals surface area contributed by atoms with Gasteiger partial charge in [0.2, 0.25) is 5.91 Å². The molecule has 0 radical (unpaired) electrons. The molecule has 0 atom stereocenters. The van der Waals surface area contributed by atoms with Crippen LogP contribution in [0.4, 0.5) is 11.5 Å². The Balaban J connectivity index is 1.61. The Hall–Kier alpha value is -3.52. The molecule has 32 heavy (non-hydrogen) atoms. The Morgan fingerprint density at radius 3 is 2.72 bits per heavy atom. The molecule has 1 aliphatic heterocycles. The van der Waals surface area contributed by atoms with Crippen LogP contribution in [0.2, 0.25) is 5.02 Å². The number of anilines is 2. The molecule has 1 aromatic heterocycles. The lowest BCUT2D eigenvalue weighted by Gasteiger charge is -2.31. The molecule has 9 heteroatoms. The number of piperidine rings is 1. The van der Waals surface area contributed by atoms with Crippen LogP contribution in [0.15, 0.2) is 49.3 Å². The summed E-state index contributed by atoms with van der Waals surface area (Å²) in [6.07, 6.45) is 4.12. The van der Waals surface area contributed by atoms with Crippen LogP contribution in [-0.4, -0.2) is 52.2 Å². The Morgan fingerprint density at radius 1 is 1.25 bits per heavy atom. The van der Waals surface area contributed by atoms with Crippen LogP contribution in [-0.2, 0) is 4.79 Å². The second-order valence-corrected chi connectivity index (χ2v) is 7.81. The van der Waals surface area contributed by atoms with Crippen LogP contribution in [0, 0.1) is 0 Å². The number of carbonyl (C=O) groups excluding carboxylic acids is 1. The number of halogens is 1. The molecule has 0 saturated carbocycles. The molecule has 0 unspecified atom stereocenters. The third-order valence-electron chi connectivity index (χ3n) is 5.36. The van der Waals surface area contributed by atoms with Crippen molar-refractivity contribution in [3.8, 4) is 17.2 Å². The first-order chi connectivity index (χ1) is 15.5. The molecule has 2 N–H and O–H groups in total. The minimum Gasteiger partial charge on any atom is -0.506 e. The van der Waals surface area contributed by atoms with E-state index in [1.807, 2.05) is 6.07 Å². The van der Waals surface area contributed by atoms with Crippen molar-refractivity contribution in [2.45, 2.75) is 18.9 Å². The number of nitrogens with zero attached hydrogens (tertiary/aromatic N) is 3. The molecule has 0 aliphatic carbocycles. The number of nitrogens with one attached hydrogen (secondary N) is 1. The van der Waals surface area contributed by atoms with Crippen LogP contribution < -0.4 is 14.8 Å². The normalized spacial score (nSPS) is 14.2. The van der Waals surface area contributed by atoms with Gasteiger partial charge in [0.25, 0.3) is 0 Å². The molecule has 4 rings (SSSR count). The first kappa shape index (κ1) is 21.7. The van der Waals surface area contributed by atoms with Crippen molar-refractivity contribution in [3.05, 3.63) is 54.3 Å². The fourth-order valence-electron chi connectivity index (χ4n) is 3.66. The van der Waals surface area contributed by atoms with Gasteiger partial charge in [-0.3, -0.25) is 4.79 Å². The molecule has 1 saturated heterocycles. The lowest BCUT2D eigenvalue weighted by molar-refractivity contribution is -0.127. The van der Waals surface area contributed by atoms with E-state index in [-0.39, 0.29) is 17.8 Å². The van der Waals surface area contributed by atoms with Gasteiger partial charge in [-0.05, 0) is 24.3 Å². The number of ether oxygens (including phenoxy) is 2. The summed E-state index contributed by atoms with van der Waals surface area (Å²) >= 11 is 5.93. The molecule has 166 valence electrons. The van der Waals surface area contributed by atoms with E-state index in [9.17, 15) is 9.90 Å². The Bertz CT molecular complexity index is 1160. The van der Waals surface area contributed by atoms with E-state index in [0.29, 0.717) is 64.9 Å². The van der Waals surface area contributed by atoms with Gasteiger partial charge in [0.05, 0.1) is 18.3 Å². The third kappa shape index (κ3) is 4.55. The SMILES string of the molecule is C=CC(=O)N1CCC(Oc2cc3c(Nc4ccc(Cl)cc4O)ncnc3cc2OC)CC1. The van der Waals surface area contributed by atoms with Gasteiger partial charge in [0.15, 0.2) is 11.5 Å². The van der Waals surface area contributed by atoms with Gasteiger partial charge in [-0.1, -0.05) is 18.2 Å². The highest BCUT2D eigenvalue weighted by Crippen LogP contribution is 2.37. The summed E-state index contributed by atoms with van der Waals surface area (Å²) in [4.78, 5) is 22.2. The van der Waals surface area contributed by atoms with Crippen molar-refractivity contribution >= 4 is 39.9 Å². The zero-order chi connectivity index (χ0) is 22.7. The van der Waals surface area contributed by atoms with Gasteiger partial charge in [-0.2, -0.15) is 0 Å². The number of rotatable bonds is 6. The molecule has 1 amide bonds. The number of fused-ring (bicyclic) bond motifs is 1. The van der Waals surface area contributed by atoms with Gasteiger partial charge in [0, 0.05) is 48.5 Å². The summed E-state index contributed by atoms with van der Waals surface area (Å²) < 4.78 is 11.8. The summed E-state index contributed by atoms with van der Waals surface area (Å²) in [7, 11) is 1.57. The van der Waals surface area contributed by atoms with Crippen LogP contribution >= 0.6 is 11.6 Å². The highest BCUT2D eigenvalue weighted by molar-refractivity contribution is 6.30. The largest absolute Gasteiger partial charge is 0.506 e. The number of carbonyl (C=O) groups is 1. The van der Waals surface area contributed by atoms with E-state index in [1.165, 1.54) is 18.5 Å². The number of amides is 1. The number of hydrogen-bond donors (Lipinski definition) is 2. The zero-order valence-corrected chi connectivity index (χ0v) is 18.3. The molecule has 0 spiro atoms. The summed E-state index contributed by atoms with van der Waals surface area (Å²) in [6, 6.07) is 8.41. The number of benzene rings is 2. The van der Waals surface area contributed by atoms with Crippen LogP contribution in [0.1, 0.15) is 12.8 Å². The molecule has 0 bridgehead atoms. The van der Waals surface area contributed by atoms with E-state index in [1.54, 1.807) is 30.2 Å². The monoisotopic (exact) mass is 454 g/mol. The van der Waals surface area contributed by atoms with Gasteiger partial charge < -0.3 is 24.8 Å². The maximum Gasteiger partial charge on any atom is 0.245 e. The number of phenols is 1. The highest BCUT2D eigenvalue weighted by Gasteiger charge is 2.24. The van der Waals surface area contributed by atoms with Crippen LogP contribution in [0.3, 0.4) is 0 Å². The third-order valence-corrected chi connectivity index (χ3v) is 5.59. The quantitative estimate of drug-likeness (QED) is 0.423. The van der Waals surface area contributed by atoms with E-state index in [4.69, 9.17) is 21.1 Å². The van der Waals surface area contributed by atoms with E-state index >= 15 is 0 Å². The molecule has 2 heterocycles. The topological polar surface area (TPSA) is 96.8 Å². The first-order valence-corrected chi connectivity index (χ1v) is 10.5. The number of likely N-dealkylation sites (tertiary alicyclic amines) is 1. The standard InChI is InChI=1S/C23H23ClN4O4/c1-3-22(30)28-8-6-15(7-9-28)32-21-11-16-18(12-20(21)31-2)25-13-26-23(16)27-17-5-4-14(24)10-19(17)29/h3-5,10-13,15,29H,1,6-9H2,2H3,(H,25,26,27). The summed E-state index contributed by atoms with van der Waals surface area (Å²) in [5, 5.41) is 14.5. The van der Waals surface area contributed by atoms with Gasteiger partial charge >= 0.3 is 0 Å². The maximum absolute atomic E-state index is 11.8. The molecular formula is C23H23ClN4O4. The van der Waals surface area contributed by atoms with Crippen LogP contribution in [0.25, 0.3) is 10.9 Å². The molecule has 8 nitrogen and oxygen atoms in total. The number of hydrogen-bond acceptors (Lipinski definition) is 7. The van der Waals surface area contributed by atoms with Crippen molar-refractivity contribution in [1.29, 1.82) is 0 Å². The fourth-order valence-corrected chi connectivity index (χ4v) is 3.82. The lowest BCUT2D eigenvalue weighted by Crippen LogP contribution is -2.41. The van der Waals surface area contributed by atoms with Crippen LogP contribution in [0.5, 0.6) is 17.2 Å². The molecule has 3 aromatic rings. The number of methoxy groups -OCH3 is 1. The van der Waals surface area contributed by atoms with Gasteiger partial charge in [0.1, 0.15) is 24.0 Å². The van der Waals surface area contributed by atoms with E-state index in [0.717, 1.165) is 0 Å². The van der Waals surface area contributed by atoms with Crippen molar-refractivity contribution < 1.29 is 19.4 Å². The zero-order valence-electron chi connectivity index (χ0n) is 17.5. The summed E-state index contributed by atoms with van der Waals surface area (Å²) in [5.41, 5.74) is 1.12. The number of aromatic nitrogens is 2. The molecule has 1 aliphatic rings. The van der Waals surface area contributed by atoms with Crippen molar-refractivity contribution in [2.75, 3.05) is 25.5 Å². The molecule has 2 aromatic carbocycles. The lowest BCUT2D eigenvalue weighted by atomic mass is 10.1. The average molecular weight is 455 g/mol. The Labute approximate surface area is 190 Å². The summed E-state index contributed by atoms with van der Waals surface area (Å²) in [6.45, 7) is 4.76. The second-order valence-electron chi connectivity index (χ2n) is 7.38. The van der Waals surface area contributed by atoms with Crippen molar-refractivity contribution in [1.82, 2.24) is 14.9 Å². The minimum absolute atomic E-state index is 0.00933. The average Bonchev–Trinajstić information content (AvgIpc) is 2.80. The van der Waals surface area contributed by atoms with Crippen molar-refractivity contribution in [3.63, 3.8) is 0 Å². The fraction of sp³-hybridized carbons (Fsp3) is 0.261. The smallest absolute Gasteiger partial charge is 0.245 e. The predicted octanol–water partition coefficient (Wildman–Crippen LogP) is 4.30. The highest BCUT2D eigenvalue weighted by atomic mass is 35.5. The van der Waals surface area contributed by atoms with Gasteiger partial charge in [-0.15, -0.1) is 0 Å². The Morgan fingerprint density at radius 2 is 2.03 bits per heavy atom. The molecular weight excluding hydrogens is 432 g/mol. The van der Waals surface area contributed by atoms with Crippen molar-refractivity contribution in [2.24, 2.45) is 0 Å². The van der Waals surface area contributed by atoms with E-state index < -0.39 is 0 Å². The maximum atomic E-state index is 11.8. The molecule has 1 fully saturated rings. The van der Waals surface area contributed by atoms with Gasteiger partial charge in [-0.25, -0.2) is 9.97 Å². The predicted molar refractivity (Wildman–Crippen MR) is 123 cm³/mol.